The summed E-state index contributed by atoms with van der Waals surface area (Å²) >= 11 is 0. The standard InChI is InChI=1S/C16H20F2N5O6P/c1-4-6-26-30(24)27-7-16(18)12(29-30)15(3,17)13(28-16)23-8-20-9-10(23)21-14(19)22-11(9)25-5-2/h4,8,12-13H,1,5-7H2,2-3H3,(H2,19,21,22)/t12-,13+,15+,16+,30?/m0/s1. The first kappa shape index (κ1) is 21.1. The molecule has 2 saturated heterocycles. The maximum absolute atomic E-state index is 15.9. The van der Waals surface area contributed by atoms with E-state index in [1.54, 1.807) is 6.92 Å². The molecule has 14 heteroatoms. The van der Waals surface area contributed by atoms with E-state index in [0.717, 1.165) is 11.5 Å². The largest absolute Gasteiger partial charge is 0.476 e. The van der Waals surface area contributed by atoms with E-state index in [0.29, 0.717) is 0 Å². The van der Waals surface area contributed by atoms with Crippen LogP contribution in [0.1, 0.15) is 20.1 Å². The molecule has 0 aromatic carbocycles. The molecule has 11 nitrogen and oxygen atoms in total. The molecule has 164 valence electrons. The fourth-order valence-electron chi connectivity index (χ4n) is 3.39. The second kappa shape index (κ2) is 7.20. The van der Waals surface area contributed by atoms with Crippen LogP contribution in [0.15, 0.2) is 19.0 Å². The maximum atomic E-state index is 15.9. The van der Waals surface area contributed by atoms with Crippen molar-refractivity contribution in [3.63, 3.8) is 0 Å². The number of imidazole rings is 1. The van der Waals surface area contributed by atoms with E-state index in [4.69, 9.17) is 28.8 Å². The van der Waals surface area contributed by atoms with Crippen LogP contribution in [0.4, 0.5) is 14.7 Å². The average Bonchev–Trinajstić information content (AvgIpc) is 3.18. The molecule has 0 amide bonds. The van der Waals surface area contributed by atoms with E-state index < -0.39 is 38.3 Å². The van der Waals surface area contributed by atoms with Gasteiger partial charge < -0.3 is 15.2 Å². The highest BCUT2D eigenvalue weighted by Crippen LogP contribution is 2.63. The summed E-state index contributed by atoms with van der Waals surface area (Å²) in [6.07, 6.45) is -1.03. The minimum Gasteiger partial charge on any atom is -0.476 e. The summed E-state index contributed by atoms with van der Waals surface area (Å²) in [6, 6.07) is 0. The number of hydrogen-bond acceptors (Lipinski definition) is 10. The molecule has 2 fully saturated rings. The molecule has 2 aromatic rings. The Balaban J connectivity index is 1.73. The number of rotatable bonds is 6. The molecule has 4 heterocycles. The molecule has 2 aliphatic heterocycles. The summed E-state index contributed by atoms with van der Waals surface area (Å²) in [4.78, 5) is 12.1. The number of halogens is 2. The van der Waals surface area contributed by atoms with Crippen molar-refractivity contribution < 1.29 is 36.4 Å². The quantitative estimate of drug-likeness (QED) is 0.520. The minimum absolute atomic E-state index is 0.0640. The van der Waals surface area contributed by atoms with Gasteiger partial charge in [-0.15, -0.1) is 6.58 Å². The second-order valence-corrected chi connectivity index (χ2v) is 8.46. The lowest BCUT2D eigenvalue weighted by Gasteiger charge is -2.36. The SMILES string of the molecule is C=CCOP1(=O)OC[C@@]2(F)O[C@@H](n3cnc4c(OCC)nc(N)nc43)[C@](C)(F)[C@@H]2O1. The average molecular weight is 447 g/mol. The van der Waals surface area contributed by atoms with Crippen molar-refractivity contribution in [1.82, 2.24) is 19.5 Å². The Morgan fingerprint density at radius 1 is 1.50 bits per heavy atom. The number of phosphoric ester groups is 1. The van der Waals surface area contributed by atoms with Crippen molar-refractivity contribution in [2.75, 3.05) is 25.6 Å². The number of ether oxygens (including phenoxy) is 2. The number of nitrogens with zero attached hydrogens (tertiary/aromatic N) is 4. The Labute approximate surface area is 169 Å². The number of phosphoric acid groups is 1. The van der Waals surface area contributed by atoms with Gasteiger partial charge in [0.25, 0.3) is 5.85 Å². The molecule has 0 aliphatic carbocycles. The highest BCUT2D eigenvalue weighted by atomic mass is 31.2. The van der Waals surface area contributed by atoms with Gasteiger partial charge in [-0.05, 0) is 13.8 Å². The highest BCUT2D eigenvalue weighted by Gasteiger charge is 2.70. The highest BCUT2D eigenvalue weighted by molar-refractivity contribution is 7.48. The Kier molecular flexibility index (Phi) is 5.06. The number of nitrogen functional groups attached to an aromatic ring is 1. The van der Waals surface area contributed by atoms with Crippen molar-refractivity contribution in [3.8, 4) is 5.88 Å². The lowest BCUT2D eigenvalue weighted by Crippen LogP contribution is -2.51. The molecule has 0 radical (unpaired) electrons. The Bertz CT molecular complexity index is 1030. The van der Waals surface area contributed by atoms with Crippen LogP contribution >= 0.6 is 7.82 Å². The predicted octanol–water partition coefficient (Wildman–Crippen LogP) is 2.46. The topological polar surface area (TPSA) is 133 Å². The molecular weight excluding hydrogens is 427 g/mol. The van der Waals surface area contributed by atoms with Gasteiger partial charge in [-0.3, -0.25) is 18.1 Å². The number of anilines is 1. The third kappa shape index (κ3) is 3.26. The zero-order valence-electron chi connectivity index (χ0n) is 16.2. The summed E-state index contributed by atoms with van der Waals surface area (Å²) in [5.74, 6) is -2.80. The first-order valence-corrected chi connectivity index (χ1v) is 10.5. The summed E-state index contributed by atoms with van der Waals surface area (Å²) < 4.78 is 70.7. The van der Waals surface area contributed by atoms with Crippen molar-refractivity contribution in [2.24, 2.45) is 0 Å². The fourth-order valence-corrected chi connectivity index (χ4v) is 4.83. The van der Waals surface area contributed by atoms with E-state index >= 15 is 8.78 Å². The Morgan fingerprint density at radius 2 is 2.27 bits per heavy atom. The molecule has 0 saturated carbocycles. The van der Waals surface area contributed by atoms with E-state index in [1.165, 1.54) is 12.4 Å². The van der Waals surface area contributed by atoms with Gasteiger partial charge in [0.05, 0.1) is 19.5 Å². The molecule has 4 rings (SSSR count). The number of hydrogen-bond donors (Lipinski definition) is 1. The number of aromatic nitrogens is 4. The van der Waals surface area contributed by atoms with Gasteiger partial charge in [0.1, 0.15) is 6.61 Å². The predicted molar refractivity (Wildman–Crippen MR) is 99.0 cm³/mol. The number of nitrogens with two attached hydrogens (primary N) is 1. The first-order valence-electron chi connectivity index (χ1n) is 9.00. The maximum Gasteiger partial charge on any atom is 0.475 e. The smallest absolute Gasteiger partial charge is 0.475 e. The third-order valence-electron chi connectivity index (χ3n) is 4.64. The third-order valence-corrected chi connectivity index (χ3v) is 6.02. The van der Waals surface area contributed by atoms with Crippen molar-refractivity contribution in [2.45, 2.75) is 37.7 Å². The monoisotopic (exact) mass is 447 g/mol. The molecule has 5 atom stereocenters. The molecule has 2 N–H and O–H groups in total. The van der Waals surface area contributed by atoms with Gasteiger partial charge in [0.2, 0.25) is 11.8 Å². The zero-order chi connectivity index (χ0) is 21.7. The summed E-state index contributed by atoms with van der Waals surface area (Å²) in [5.41, 5.74) is 3.44. The summed E-state index contributed by atoms with van der Waals surface area (Å²) in [7, 11) is -4.22. The molecule has 0 bridgehead atoms. The molecule has 1 unspecified atom stereocenters. The summed E-state index contributed by atoms with van der Waals surface area (Å²) in [5, 5.41) is 0. The van der Waals surface area contributed by atoms with E-state index in [9.17, 15) is 4.57 Å². The number of alkyl halides is 2. The Hall–Kier alpha value is -2.18. The van der Waals surface area contributed by atoms with E-state index in [1.807, 2.05) is 0 Å². The molecule has 30 heavy (non-hydrogen) atoms. The lowest BCUT2D eigenvalue weighted by molar-refractivity contribution is -0.219. The molecule has 0 spiro atoms. The van der Waals surface area contributed by atoms with Crippen molar-refractivity contribution >= 4 is 24.9 Å². The molecule has 2 aromatic heterocycles. The lowest BCUT2D eigenvalue weighted by atomic mass is 9.97. The van der Waals surface area contributed by atoms with Crippen molar-refractivity contribution in [3.05, 3.63) is 19.0 Å². The van der Waals surface area contributed by atoms with Crippen molar-refractivity contribution in [1.29, 1.82) is 0 Å². The van der Waals surface area contributed by atoms with Crippen LogP contribution in [0.2, 0.25) is 0 Å². The van der Waals surface area contributed by atoms with Crippen LogP contribution in [0.5, 0.6) is 5.88 Å². The van der Waals surface area contributed by atoms with Crippen LogP contribution in [-0.4, -0.2) is 57.0 Å². The van der Waals surface area contributed by atoms with Crippen LogP contribution < -0.4 is 10.5 Å². The number of fused-ring (bicyclic) bond motifs is 2. The second-order valence-electron chi connectivity index (χ2n) is 6.84. The fraction of sp³-hybridized carbons (Fsp3) is 0.562. The normalized spacial score (nSPS) is 36.0. The van der Waals surface area contributed by atoms with Gasteiger partial charge in [-0.1, -0.05) is 6.08 Å². The van der Waals surface area contributed by atoms with Gasteiger partial charge in [-0.2, -0.15) is 9.97 Å². The van der Waals surface area contributed by atoms with Gasteiger partial charge in [-0.25, -0.2) is 18.3 Å². The van der Waals surface area contributed by atoms with Gasteiger partial charge >= 0.3 is 7.82 Å². The van der Waals surface area contributed by atoms with E-state index in [2.05, 4.69) is 21.5 Å². The van der Waals surface area contributed by atoms with Crippen LogP contribution in [0.25, 0.3) is 11.2 Å². The summed E-state index contributed by atoms with van der Waals surface area (Å²) in [6.45, 7) is 5.42. The molecular formula is C16H20F2N5O6P. The molecule has 2 aliphatic rings. The van der Waals surface area contributed by atoms with E-state index in [-0.39, 0.29) is 36.2 Å². The van der Waals surface area contributed by atoms with Gasteiger partial charge in [0.15, 0.2) is 29.2 Å². The van der Waals surface area contributed by atoms with Crippen LogP contribution in [-0.2, 0) is 22.9 Å². The van der Waals surface area contributed by atoms with Crippen LogP contribution in [0, 0.1) is 0 Å². The first-order chi connectivity index (χ1) is 14.1. The van der Waals surface area contributed by atoms with Crippen LogP contribution in [0.3, 0.4) is 0 Å². The minimum atomic E-state index is -4.22. The zero-order valence-corrected chi connectivity index (χ0v) is 17.1. The Morgan fingerprint density at radius 3 is 2.97 bits per heavy atom. The van der Waals surface area contributed by atoms with Gasteiger partial charge in [0, 0.05) is 0 Å².